The van der Waals surface area contributed by atoms with Crippen molar-refractivity contribution in [3.05, 3.63) is 23.2 Å². The SMILES string of the molecule is Cn1ccnc1C(=O)Nc1nnc(C2CCCO2)s1. The maximum atomic E-state index is 11.9. The summed E-state index contributed by atoms with van der Waals surface area (Å²) in [4.78, 5) is 15.9. The van der Waals surface area contributed by atoms with Crippen LogP contribution in [0.15, 0.2) is 12.4 Å². The highest BCUT2D eigenvalue weighted by molar-refractivity contribution is 7.15. The van der Waals surface area contributed by atoms with Crippen LogP contribution >= 0.6 is 11.3 Å². The molecule has 100 valence electrons. The van der Waals surface area contributed by atoms with Crippen LogP contribution in [0.3, 0.4) is 0 Å². The second-order valence-electron chi connectivity index (χ2n) is 4.26. The summed E-state index contributed by atoms with van der Waals surface area (Å²) in [5.41, 5.74) is 0. The maximum Gasteiger partial charge on any atom is 0.293 e. The Bertz CT molecular complexity index is 587. The molecule has 1 fully saturated rings. The summed E-state index contributed by atoms with van der Waals surface area (Å²) in [6.45, 7) is 0.763. The standard InChI is InChI=1S/C11H13N5O2S/c1-16-5-4-12-8(16)9(17)13-11-15-14-10(19-11)7-3-2-6-18-7/h4-5,7H,2-3,6H2,1H3,(H,13,15,17). The van der Waals surface area contributed by atoms with Gasteiger partial charge in [0, 0.05) is 26.0 Å². The van der Waals surface area contributed by atoms with Gasteiger partial charge in [-0.05, 0) is 12.8 Å². The average molecular weight is 279 g/mol. The van der Waals surface area contributed by atoms with E-state index in [2.05, 4.69) is 20.5 Å². The number of carbonyl (C=O) groups excluding carboxylic acids is 1. The number of amides is 1. The topological polar surface area (TPSA) is 81.9 Å². The van der Waals surface area contributed by atoms with Crippen molar-refractivity contribution in [3.63, 3.8) is 0 Å². The number of rotatable bonds is 3. The molecule has 0 spiro atoms. The van der Waals surface area contributed by atoms with Gasteiger partial charge < -0.3 is 9.30 Å². The molecule has 1 N–H and O–H groups in total. The molecule has 1 aliphatic rings. The number of carbonyl (C=O) groups is 1. The number of nitrogens with zero attached hydrogens (tertiary/aromatic N) is 4. The summed E-state index contributed by atoms with van der Waals surface area (Å²) in [5.74, 6) is 0.0522. The van der Waals surface area contributed by atoms with Crippen LogP contribution in [0.2, 0.25) is 0 Å². The Morgan fingerprint density at radius 3 is 3.16 bits per heavy atom. The van der Waals surface area contributed by atoms with Crippen LogP contribution in [-0.4, -0.2) is 32.3 Å². The van der Waals surface area contributed by atoms with Crippen molar-refractivity contribution in [2.24, 2.45) is 7.05 Å². The van der Waals surface area contributed by atoms with Gasteiger partial charge in [0.1, 0.15) is 11.1 Å². The summed E-state index contributed by atoms with van der Waals surface area (Å²) in [6.07, 6.45) is 5.32. The Balaban J connectivity index is 1.70. The van der Waals surface area contributed by atoms with Gasteiger partial charge in [-0.25, -0.2) is 4.98 Å². The Morgan fingerprint density at radius 2 is 2.47 bits per heavy atom. The van der Waals surface area contributed by atoms with E-state index < -0.39 is 0 Å². The zero-order chi connectivity index (χ0) is 13.2. The minimum Gasteiger partial charge on any atom is -0.371 e. The fourth-order valence-corrected chi connectivity index (χ4v) is 2.75. The van der Waals surface area contributed by atoms with Gasteiger partial charge in [0.2, 0.25) is 5.13 Å². The number of hydrogen-bond donors (Lipinski definition) is 1. The molecule has 0 aliphatic carbocycles. The summed E-state index contributed by atoms with van der Waals surface area (Å²) < 4.78 is 7.18. The van der Waals surface area contributed by atoms with Crippen LogP contribution in [0.25, 0.3) is 0 Å². The Kier molecular flexibility index (Phi) is 3.26. The summed E-state index contributed by atoms with van der Waals surface area (Å²) in [7, 11) is 1.76. The molecular formula is C11H13N5O2S. The lowest BCUT2D eigenvalue weighted by Crippen LogP contribution is -2.16. The van der Waals surface area contributed by atoms with Crippen molar-refractivity contribution >= 4 is 22.4 Å². The van der Waals surface area contributed by atoms with Gasteiger partial charge in [-0.2, -0.15) is 0 Å². The van der Waals surface area contributed by atoms with Gasteiger partial charge >= 0.3 is 0 Å². The van der Waals surface area contributed by atoms with Crippen LogP contribution in [0.5, 0.6) is 0 Å². The quantitative estimate of drug-likeness (QED) is 0.917. The van der Waals surface area contributed by atoms with Crippen molar-refractivity contribution in [1.29, 1.82) is 0 Å². The zero-order valence-electron chi connectivity index (χ0n) is 10.4. The lowest BCUT2D eigenvalue weighted by molar-refractivity contribution is 0.101. The monoisotopic (exact) mass is 279 g/mol. The highest BCUT2D eigenvalue weighted by Gasteiger charge is 2.22. The fourth-order valence-electron chi connectivity index (χ4n) is 1.93. The molecule has 3 heterocycles. The van der Waals surface area contributed by atoms with E-state index in [1.165, 1.54) is 11.3 Å². The van der Waals surface area contributed by atoms with Crippen LogP contribution in [0, 0.1) is 0 Å². The summed E-state index contributed by atoms with van der Waals surface area (Å²) in [5, 5.41) is 12.0. The van der Waals surface area contributed by atoms with Crippen LogP contribution in [-0.2, 0) is 11.8 Å². The number of nitrogens with one attached hydrogen (secondary N) is 1. The van der Waals surface area contributed by atoms with Gasteiger partial charge in [0.05, 0.1) is 0 Å². The third-order valence-electron chi connectivity index (χ3n) is 2.89. The van der Waals surface area contributed by atoms with Crippen molar-refractivity contribution < 1.29 is 9.53 Å². The van der Waals surface area contributed by atoms with Gasteiger partial charge in [0.25, 0.3) is 5.91 Å². The van der Waals surface area contributed by atoms with Crippen molar-refractivity contribution in [2.75, 3.05) is 11.9 Å². The van der Waals surface area contributed by atoms with E-state index in [0.29, 0.717) is 11.0 Å². The lowest BCUT2D eigenvalue weighted by Gasteiger charge is -2.02. The third-order valence-corrected chi connectivity index (χ3v) is 3.82. The van der Waals surface area contributed by atoms with E-state index in [0.717, 1.165) is 24.5 Å². The molecule has 2 aromatic rings. The molecule has 3 rings (SSSR count). The number of anilines is 1. The molecular weight excluding hydrogens is 266 g/mol. The highest BCUT2D eigenvalue weighted by Crippen LogP contribution is 2.31. The molecule has 2 aromatic heterocycles. The summed E-state index contributed by atoms with van der Waals surface area (Å²) >= 11 is 1.35. The molecule has 1 unspecified atom stereocenters. The van der Waals surface area contributed by atoms with E-state index in [9.17, 15) is 4.79 Å². The maximum absolute atomic E-state index is 11.9. The number of ether oxygens (including phenoxy) is 1. The highest BCUT2D eigenvalue weighted by atomic mass is 32.1. The molecule has 0 saturated carbocycles. The molecule has 8 heteroatoms. The van der Waals surface area contributed by atoms with E-state index >= 15 is 0 Å². The normalized spacial score (nSPS) is 18.7. The van der Waals surface area contributed by atoms with Crippen LogP contribution in [0.4, 0.5) is 5.13 Å². The molecule has 0 aromatic carbocycles. The zero-order valence-corrected chi connectivity index (χ0v) is 11.2. The Morgan fingerprint density at radius 1 is 1.58 bits per heavy atom. The molecule has 1 aliphatic heterocycles. The first kappa shape index (κ1) is 12.2. The van der Waals surface area contributed by atoms with Crippen molar-refractivity contribution in [3.8, 4) is 0 Å². The first-order valence-electron chi connectivity index (χ1n) is 5.98. The molecule has 1 saturated heterocycles. The first-order chi connectivity index (χ1) is 9.24. The molecule has 0 bridgehead atoms. The summed E-state index contributed by atoms with van der Waals surface area (Å²) in [6, 6.07) is 0. The van der Waals surface area contributed by atoms with E-state index in [4.69, 9.17) is 4.74 Å². The molecule has 1 amide bonds. The number of imidazole rings is 1. The average Bonchev–Trinajstić information content (AvgIpc) is 3.07. The number of hydrogen-bond acceptors (Lipinski definition) is 6. The van der Waals surface area contributed by atoms with E-state index in [1.807, 2.05) is 0 Å². The lowest BCUT2D eigenvalue weighted by atomic mass is 10.2. The minimum atomic E-state index is -0.289. The van der Waals surface area contributed by atoms with E-state index in [1.54, 1.807) is 24.0 Å². The van der Waals surface area contributed by atoms with Gasteiger partial charge in [0.15, 0.2) is 5.82 Å². The number of aromatic nitrogens is 4. The van der Waals surface area contributed by atoms with Crippen LogP contribution < -0.4 is 5.32 Å². The van der Waals surface area contributed by atoms with Crippen LogP contribution in [0.1, 0.15) is 34.6 Å². The molecule has 1 atom stereocenters. The second kappa shape index (κ2) is 5.06. The Labute approximate surface area is 113 Å². The Hall–Kier alpha value is -1.80. The smallest absolute Gasteiger partial charge is 0.293 e. The van der Waals surface area contributed by atoms with Crippen molar-refractivity contribution in [1.82, 2.24) is 19.7 Å². The molecule has 0 radical (unpaired) electrons. The third kappa shape index (κ3) is 2.49. The first-order valence-corrected chi connectivity index (χ1v) is 6.79. The number of aryl methyl sites for hydroxylation is 1. The van der Waals surface area contributed by atoms with Gasteiger partial charge in [-0.1, -0.05) is 11.3 Å². The predicted octanol–water partition coefficient (Wildman–Crippen LogP) is 1.38. The molecule has 19 heavy (non-hydrogen) atoms. The van der Waals surface area contributed by atoms with Crippen molar-refractivity contribution in [2.45, 2.75) is 18.9 Å². The largest absolute Gasteiger partial charge is 0.371 e. The van der Waals surface area contributed by atoms with Gasteiger partial charge in [-0.15, -0.1) is 10.2 Å². The van der Waals surface area contributed by atoms with E-state index in [-0.39, 0.29) is 12.0 Å². The minimum absolute atomic E-state index is 0.0244. The second-order valence-corrected chi connectivity index (χ2v) is 5.27. The molecule has 7 nitrogen and oxygen atoms in total. The predicted molar refractivity (Wildman–Crippen MR) is 69.0 cm³/mol. The van der Waals surface area contributed by atoms with Gasteiger partial charge in [-0.3, -0.25) is 10.1 Å². The fraction of sp³-hybridized carbons (Fsp3) is 0.455.